The molecule has 1 aromatic carbocycles. The maximum atomic E-state index is 11.6. The molecule has 0 saturated carbocycles. The Morgan fingerprint density at radius 1 is 1.10 bits per heavy atom. The molecule has 0 amide bonds. The van der Waals surface area contributed by atoms with Gasteiger partial charge in [-0.3, -0.25) is 0 Å². The molecule has 8 nitrogen and oxygen atoms in total. The molecule has 3 saturated heterocycles. The van der Waals surface area contributed by atoms with Crippen molar-refractivity contribution in [1.29, 1.82) is 0 Å². The first-order valence-corrected chi connectivity index (χ1v) is 15.0. The number of rotatable bonds is 14. The van der Waals surface area contributed by atoms with Gasteiger partial charge in [-0.25, -0.2) is 4.79 Å². The van der Waals surface area contributed by atoms with E-state index in [1.807, 2.05) is 25.1 Å². The van der Waals surface area contributed by atoms with E-state index in [1.165, 1.54) is 25.0 Å². The van der Waals surface area contributed by atoms with Crippen LogP contribution >= 0.6 is 0 Å². The van der Waals surface area contributed by atoms with Crippen molar-refractivity contribution in [2.45, 2.75) is 108 Å². The minimum absolute atomic E-state index is 0.0103. The normalized spacial score (nSPS) is 31.4. The third kappa shape index (κ3) is 9.02. The first-order valence-electron chi connectivity index (χ1n) is 15.0. The summed E-state index contributed by atoms with van der Waals surface area (Å²) < 4.78 is 41.9. The summed E-state index contributed by atoms with van der Waals surface area (Å²) in [5, 5.41) is 0. The largest absolute Gasteiger partial charge is 0.492 e. The summed E-state index contributed by atoms with van der Waals surface area (Å²) in [7, 11) is 1.35. The summed E-state index contributed by atoms with van der Waals surface area (Å²) in [6, 6.07) is 10.3. The maximum absolute atomic E-state index is 11.6. The van der Waals surface area contributed by atoms with Gasteiger partial charge in [0.25, 0.3) is 0 Å². The van der Waals surface area contributed by atoms with Crippen LogP contribution < -0.4 is 0 Å². The van der Waals surface area contributed by atoms with Crippen LogP contribution in [0.5, 0.6) is 0 Å². The molecule has 0 aromatic heterocycles. The quantitative estimate of drug-likeness (QED) is 0.130. The van der Waals surface area contributed by atoms with E-state index in [4.69, 9.17) is 33.2 Å². The lowest BCUT2D eigenvalue weighted by Gasteiger charge is -2.48. The SMILES string of the molecule is COC(=O)/C=C\O[C@@]1(C)C[C@H]2OCCC[C@@H]2O[C@@H]1CCCO[C@@H]1CCCO[C@H]1[C@@H](C)CCOCc1ccccc1. The zero-order chi connectivity index (χ0) is 28.2. The van der Waals surface area contributed by atoms with Crippen molar-refractivity contribution in [1.82, 2.24) is 0 Å². The molecule has 3 aliphatic heterocycles. The van der Waals surface area contributed by atoms with Crippen LogP contribution in [0.3, 0.4) is 0 Å². The van der Waals surface area contributed by atoms with E-state index in [0.29, 0.717) is 25.7 Å². The highest BCUT2D eigenvalue weighted by molar-refractivity contribution is 5.81. The van der Waals surface area contributed by atoms with Gasteiger partial charge in [-0.05, 0) is 63.4 Å². The Morgan fingerprint density at radius 2 is 1.90 bits per heavy atom. The molecule has 0 spiro atoms. The molecule has 0 N–H and O–H groups in total. The zero-order valence-corrected chi connectivity index (χ0v) is 24.5. The zero-order valence-electron chi connectivity index (χ0n) is 24.5. The van der Waals surface area contributed by atoms with Crippen LogP contribution in [0.4, 0.5) is 0 Å². The van der Waals surface area contributed by atoms with Crippen molar-refractivity contribution in [3.05, 3.63) is 48.2 Å². The minimum atomic E-state index is -0.603. The number of fused-ring (bicyclic) bond motifs is 1. The van der Waals surface area contributed by atoms with Crippen LogP contribution in [0.1, 0.15) is 70.8 Å². The van der Waals surface area contributed by atoms with Crippen molar-refractivity contribution >= 4 is 5.97 Å². The van der Waals surface area contributed by atoms with E-state index in [9.17, 15) is 4.79 Å². The molecule has 7 atom stereocenters. The lowest BCUT2D eigenvalue weighted by molar-refractivity contribution is -0.238. The van der Waals surface area contributed by atoms with Gasteiger partial charge in [0.15, 0.2) is 0 Å². The summed E-state index contributed by atoms with van der Waals surface area (Å²) in [5.41, 5.74) is 0.591. The molecule has 0 bridgehead atoms. The average molecular weight is 561 g/mol. The van der Waals surface area contributed by atoms with Gasteiger partial charge in [0.05, 0.1) is 56.6 Å². The van der Waals surface area contributed by atoms with E-state index in [2.05, 4.69) is 19.1 Å². The molecule has 40 heavy (non-hydrogen) atoms. The Morgan fingerprint density at radius 3 is 2.73 bits per heavy atom. The Balaban J connectivity index is 1.23. The fourth-order valence-corrected chi connectivity index (χ4v) is 6.04. The van der Waals surface area contributed by atoms with E-state index < -0.39 is 11.6 Å². The predicted molar refractivity (Wildman–Crippen MR) is 151 cm³/mol. The number of carbonyl (C=O) groups is 1. The number of ether oxygens (including phenoxy) is 7. The number of benzene rings is 1. The number of hydrogen-bond acceptors (Lipinski definition) is 8. The summed E-state index contributed by atoms with van der Waals surface area (Å²) in [6.07, 6.45) is 10.2. The van der Waals surface area contributed by atoms with E-state index in [-0.39, 0.29) is 30.5 Å². The van der Waals surface area contributed by atoms with Crippen molar-refractivity contribution in [2.24, 2.45) is 5.92 Å². The number of esters is 1. The summed E-state index contributed by atoms with van der Waals surface area (Å²) >= 11 is 0. The number of hydrogen-bond donors (Lipinski definition) is 0. The number of methoxy groups -OCH3 is 1. The topological polar surface area (TPSA) is 81.7 Å². The van der Waals surface area contributed by atoms with E-state index in [1.54, 1.807) is 0 Å². The molecule has 3 fully saturated rings. The summed E-state index contributed by atoms with van der Waals surface area (Å²) in [6.45, 7) is 7.80. The fourth-order valence-electron chi connectivity index (χ4n) is 6.04. The van der Waals surface area contributed by atoms with Gasteiger partial charge in [0.1, 0.15) is 5.60 Å². The van der Waals surface area contributed by atoms with Gasteiger partial charge in [-0.2, -0.15) is 0 Å². The highest BCUT2D eigenvalue weighted by Crippen LogP contribution is 2.39. The Kier molecular flexibility index (Phi) is 12.3. The summed E-state index contributed by atoms with van der Waals surface area (Å²) in [4.78, 5) is 11.6. The van der Waals surface area contributed by atoms with E-state index >= 15 is 0 Å². The van der Waals surface area contributed by atoms with Crippen LogP contribution in [0.15, 0.2) is 42.7 Å². The number of carbonyl (C=O) groups excluding carboxylic acids is 1. The molecule has 3 aliphatic rings. The fraction of sp³-hybridized carbons (Fsp3) is 0.719. The first-order chi connectivity index (χ1) is 19.5. The summed E-state index contributed by atoms with van der Waals surface area (Å²) in [5.74, 6) is -0.0948. The van der Waals surface area contributed by atoms with Gasteiger partial charge in [0, 0.05) is 32.8 Å². The first kappa shape index (κ1) is 31.0. The molecule has 8 heteroatoms. The molecule has 0 aliphatic carbocycles. The lowest BCUT2D eigenvalue weighted by Crippen LogP contribution is -2.57. The average Bonchev–Trinajstić information content (AvgIpc) is 2.98. The molecule has 3 heterocycles. The molecule has 224 valence electrons. The highest BCUT2D eigenvalue weighted by atomic mass is 16.6. The maximum Gasteiger partial charge on any atom is 0.333 e. The smallest absolute Gasteiger partial charge is 0.333 e. The monoisotopic (exact) mass is 560 g/mol. The van der Waals surface area contributed by atoms with Gasteiger partial charge in [-0.15, -0.1) is 0 Å². The molecular weight excluding hydrogens is 512 g/mol. The minimum Gasteiger partial charge on any atom is -0.492 e. The third-order valence-electron chi connectivity index (χ3n) is 8.39. The molecular formula is C32H48O8. The van der Waals surface area contributed by atoms with Gasteiger partial charge in [0.2, 0.25) is 0 Å². The van der Waals surface area contributed by atoms with Crippen LogP contribution in [-0.4, -0.2) is 75.6 Å². The predicted octanol–water partition coefficient (Wildman–Crippen LogP) is 5.37. The molecule has 0 unspecified atom stereocenters. The Bertz CT molecular complexity index is 907. The van der Waals surface area contributed by atoms with Gasteiger partial charge in [-0.1, -0.05) is 37.3 Å². The van der Waals surface area contributed by atoms with Gasteiger partial charge >= 0.3 is 5.97 Å². The van der Waals surface area contributed by atoms with E-state index in [0.717, 1.165) is 64.6 Å². The highest BCUT2D eigenvalue weighted by Gasteiger charge is 2.48. The molecule has 0 radical (unpaired) electrons. The Hall–Kier alpha value is -1.97. The second-order valence-corrected chi connectivity index (χ2v) is 11.5. The van der Waals surface area contributed by atoms with Crippen LogP contribution in [0, 0.1) is 5.92 Å². The van der Waals surface area contributed by atoms with Crippen molar-refractivity contribution in [3.8, 4) is 0 Å². The van der Waals surface area contributed by atoms with Gasteiger partial charge < -0.3 is 33.2 Å². The van der Waals surface area contributed by atoms with Crippen molar-refractivity contribution in [2.75, 3.05) is 33.5 Å². The Labute approximate surface area is 239 Å². The molecule has 4 rings (SSSR count). The van der Waals surface area contributed by atoms with Crippen LogP contribution in [-0.2, 0) is 44.6 Å². The van der Waals surface area contributed by atoms with Crippen molar-refractivity contribution in [3.63, 3.8) is 0 Å². The van der Waals surface area contributed by atoms with Crippen LogP contribution in [0.2, 0.25) is 0 Å². The van der Waals surface area contributed by atoms with Crippen LogP contribution in [0.25, 0.3) is 0 Å². The second-order valence-electron chi connectivity index (χ2n) is 11.5. The standard InChI is InChI=1S/C32H48O8/c1-24(15-20-35-23-25-10-5-4-6-11-25)31-27(13-8-19-38-31)36-18-9-14-29-32(2,39-21-16-30(33)34-3)22-28-26(40-29)12-7-17-37-28/h4-6,10-11,16,21,24,26-29,31H,7-9,12-15,17-20,22-23H2,1-3H3/b21-16-/t24-,26-,27+,28+,29+,31-,32-/m0/s1. The second kappa shape index (κ2) is 15.9. The lowest BCUT2D eigenvalue weighted by atomic mass is 9.82. The molecule has 1 aromatic rings. The van der Waals surface area contributed by atoms with Crippen molar-refractivity contribution < 1.29 is 38.0 Å². The third-order valence-corrected chi connectivity index (χ3v) is 8.39.